The molecule has 1 amide bonds. The van der Waals surface area contributed by atoms with Crippen LogP contribution in [0, 0.1) is 18.8 Å². The van der Waals surface area contributed by atoms with E-state index in [0.29, 0.717) is 30.9 Å². The van der Waals surface area contributed by atoms with E-state index in [2.05, 4.69) is 15.5 Å². The smallest absolute Gasteiger partial charge is 0.306 e. The average molecular weight is 265 g/mol. The largest absolute Gasteiger partial charge is 0.481 e. The van der Waals surface area contributed by atoms with Crippen molar-refractivity contribution in [1.29, 1.82) is 0 Å². The van der Waals surface area contributed by atoms with Crippen LogP contribution in [-0.2, 0) is 4.79 Å². The molecule has 1 aromatic heterocycles. The van der Waals surface area contributed by atoms with Gasteiger partial charge < -0.3 is 10.4 Å². The zero-order valence-electron chi connectivity index (χ0n) is 11.0. The zero-order chi connectivity index (χ0) is 13.8. The Morgan fingerprint density at radius 3 is 2.63 bits per heavy atom. The molecule has 1 aromatic rings. The first-order chi connectivity index (χ1) is 9.08. The third-order valence-corrected chi connectivity index (χ3v) is 3.82. The normalized spacial score (nSPS) is 23.0. The van der Waals surface area contributed by atoms with Gasteiger partial charge in [0.15, 0.2) is 0 Å². The first-order valence-electron chi connectivity index (χ1n) is 6.59. The van der Waals surface area contributed by atoms with Gasteiger partial charge in [-0.3, -0.25) is 14.7 Å². The molecule has 0 radical (unpaired) electrons. The highest BCUT2D eigenvalue weighted by atomic mass is 16.4. The van der Waals surface area contributed by atoms with Crippen molar-refractivity contribution in [1.82, 2.24) is 15.5 Å². The molecule has 0 aliphatic heterocycles. The summed E-state index contributed by atoms with van der Waals surface area (Å²) in [4.78, 5) is 22.7. The van der Waals surface area contributed by atoms with E-state index >= 15 is 0 Å². The summed E-state index contributed by atoms with van der Waals surface area (Å²) >= 11 is 0. The first kappa shape index (κ1) is 13.6. The Hall–Kier alpha value is -1.85. The van der Waals surface area contributed by atoms with Crippen LogP contribution in [0.15, 0.2) is 6.20 Å². The van der Waals surface area contributed by atoms with Gasteiger partial charge in [-0.15, -0.1) is 0 Å². The lowest BCUT2D eigenvalue weighted by molar-refractivity contribution is -0.143. The zero-order valence-corrected chi connectivity index (χ0v) is 11.0. The second-order valence-corrected chi connectivity index (χ2v) is 5.17. The molecule has 3 N–H and O–H groups in total. The van der Waals surface area contributed by atoms with Crippen molar-refractivity contribution in [3.05, 3.63) is 17.5 Å². The number of aromatic nitrogens is 2. The van der Waals surface area contributed by atoms with Gasteiger partial charge in [-0.05, 0) is 38.5 Å². The number of carbonyl (C=O) groups excluding carboxylic acids is 1. The first-order valence-corrected chi connectivity index (χ1v) is 6.59. The van der Waals surface area contributed by atoms with E-state index < -0.39 is 5.97 Å². The van der Waals surface area contributed by atoms with Crippen LogP contribution in [0.2, 0.25) is 0 Å². The average Bonchev–Trinajstić information content (AvgIpc) is 2.83. The number of aryl methyl sites for hydroxylation is 1. The lowest BCUT2D eigenvalue weighted by atomic mass is 9.82. The second-order valence-electron chi connectivity index (χ2n) is 5.17. The Morgan fingerprint density at radius 2 is 2.11 bits per heavy atom. The van der Waals surface area contributed by atoms with E-state index in [9.17, 15) is 9.59 Å². The van der Waals surface area contributed by atoms with Gasteiger partial charge >= 0.3 is 5.97 Å². The summed E-state index contributed by atoms with van der Waals surface area (Å²) in [5.41, 5.74) is 1.33. The number of rotatable bonds is 4. The molecule has 0 bridgehead atoms. The molecule has 1 saturated carbocycles. The van der Waals surface area contributed by atoms with E-state index in [0.717, 1.165) is 18.5 Å². The van der Waals surface area contributed by atoms with Crippen molar-refractivity contribution in [2.75, 3.05) is 6.54 Å². The summed E-state index contributed by atoms with van der Waals surface area (Å²) in [5, 5.41) is 18.4. The van der Waals surface area contributed by atoms with Crippen molar-refractivity contribution in [3.63, 3.8) is 0 Å². The lowest BCUT2D eigenvalue weighted by Gasteiger charge is -2.26. The molecule has 19 heavy (non-hydrogen) atoms. The number of carboxylic acid groups (broad SMARTS) is 1. The van der Waals surface area contributed by atoms with Gasteiger partial charge in [0.05, 0.1) is 17.7 Å². The SMILES string of the molecule is Cc1[nH]ncc1C(=O)NCC1CCC(C(=O)O)CC1. The molecule has 1 aliphatic rings. The number of hydrogen-bond donors (Lipinski definition) is 3. The number of nitrogens with one attached hydrogen (secondary N) is 2. The van der Waals surface area contributed by atoms with Crippen molar-refractivity contribution in [3.8, 4) is 0 Å². The second kappa shape index (κ2) is 5.86. The number of aromatic amines is 1. The van der Waals surface area contributed by atoms with Crippen molar-refractivity contribution in [2.24, 2.45) is 11.8 Å². The molecule has 0 saturated heterocycles. The van der Waals surface area contributed by atoms with Crippen LogP contribution in [0.5, 0.6) is 0 Å². The van der Waals surface area contributed by atoms with Gasteiger partial charge in [-0.1, -0.05) is 0 Å². The van der Waals surface area contributed by atoms with E-state index in [4.69, 9.17) is 5.11 Å². The molecule has 6 nitrogen and oxygen atoms in total. The highest BCUT2D eigenvalue weighted by molar-refractivity contribution is 5.94. The molecule has 0 atom stereocenters. The van der Waals surface area contributed by atoms with Crippen LogP contribution in [0.4, 0.5) is 0 Å². The monoisotopic (exact) mass is 265 g/mol. The number of H-pyrrole nitrogens is 1. The lowest BCUT2D eigenvalue weighted by Crippen LogP contribution is -2.32. The maximum Gasteiger partial charge on any atom is 0.306 e. The molecule has 6 heteroatoms. The van der Waals surface area contributed by atoms with Gasteiger partial charge in [-0.25, -0.2) is 0 Å². The highest BCUT2D eigenvalue weighted by Gasteiger charge is 2.26. The Balaban J connectivity index is 1.77. The summed E-state index contributed by atoms with van der Waals surface area (Å²) in [6.45, 7) is 2.41. The van der Waals surface area contributed by atoms with Crippen molar-refractivity contribution in [2.45, 2.75) is 32.6 Å². The van der Waals surface area contributed by atoms with Crippen molar-refractivity contribution < 1.29 is 14.7 Å². The fourth-order valence-corrected chi connectivity index (χ4v) is 2.53. The van der Waals surface area contributed by atoms with E-state index in [1.54, 1.807) is 6.92 Å². The van der Waals surface area contributed by atoms with E-state index in [1.807, 2.05) is 0 Å². The Kier molecular flexibility index (Phi) is 4.19. The maximum absolute atomic E-state index is 11.9. The quantitative estimate of drug-likeness (QED) is 0.765. The van der Waals surface area contributed by atoms with Crippen LogP contribution in [0.25, 0.3) is 0 Å². The molecule has 2 rings (SSSR count). The fourth-order valence-electron chi connectivity index (χ4n) is 2.53. The molecular formula is C13H19N3O3. The molecule has 1 aliphatic carbocycles. The molecule has 0 aromatic carbocycles. The Labute approximate surface area is 111 Å². The van der Waals surface area contributed by atoms with Crippen molar-refractivity contribution >= 4 is 11.9 Å². The van der Waals surface area contributed by atoms with Crippen LogP contribution in [0.3, 0.4) is 0 Å². The van der Waals surface area contributed by atoms with E-state index in [-0.39, 0.29) is 11.8 Å². The predicted molar refractivity (Wildman–Crippen MR) is 68.7 cm³/mol. The molecule has 1 fully saturated rings. The summed E-state index contributed by atoms with van der Waals surface area (Å²) in [6, 6.07) is 0. The number of nitrogens with zero attached hydrogens (tertiary/aromatic N) is 1. The fraction of sp³-hybridized carbons (Fsp3) is 0.615. The minimum Gasteiger partial charge on any atom is -0.481 e. The summed E-state index contributed by atoms with van der Waals surface area (Å²) < 4.78 is 0. The van der Waals surface area contributed by atoms with Gasteiger partial charge in [0, 0.05) is 12.2 Å². The van der Waals surface area contributed by atoms with Gasteiger partial charge in [0.2, 0.25) is 0 Å². The van der Waals surface area contributed by atoms with Crippen LogP contribution in [-0.4, -0.2) is 33.7 Å². The van der Waals surface area contributed by atoms with E-state index in [1.165, 1.54) is 6.20 Å². The molecule has 0 spiro atoms. The van der Waals surface area contributed by atoms with Crippen LogP contribution in [0.1, 0.15) is 41.7 Å². The third kappa shape index (κ3) is 3.33. The summed E-state index contributed by atoms with van der Waals surface area (Å²) in [6.07, 6.45) is 4.66. The predicted octanol–water partition coefficient (Wildman–Crippen LogP) is 1.34. The Morgan fingerprint density at radius 1 is 1.42 bits per heavy atom. The van der Waals surface area contributed by atoms with Crippen LogP contribution < -0.4 is 5.32 Å². The molecule has 104 valence electrons. The van der Waals surface area contributed by atoms with Gasteiger partial charge in [0.25, 0.3) is 5.91 Å². The summed E-state index contributed by atoms with van der Waals surface area (Å²) in [5.74, 6) is -0.641. The topological polar surface area (TPSA) is 95.1 Å². The number of carbonyl (C=O) groups is 2. The number of hydrogen-bond acceptors (Lipinski definition) is 3. The van der Waals surface area contributed by atoms with Gasteiger partial charge in [-0.2, -0.15) is 5.10 Å². The number of amides is 1. The number of carboxylic acids is 1. The van der Waals surface area contributed by atoms with Gasteiger partial charge in [0.1, 0.15) is 0 Å². The Bertz CT molecular complexity index is 461. The minimum atomic E-state index is -0.698. The third-order valence-electron chi connectivity index (χ3n) is 3.82. The highest BCUT2D eigenvalue weighted by Crippen LogP contribution is 2.28. The molecule has 1 heterocycles. The summed E-state index contributed by atoms with van der Waals surface area (Å²) in [7, 11) is 0. The van der Waals surface area contributed by atoms with Crippen LogP contribution >= 0.6 is 0 Å². The standard InChI is InChI=1S/C13H19N3O3/c1-8-11(7-15-16-8)12(17)14-6-9-2-4-10(5-3-9)13(18)19/h7,9-10H,2-6H2,1H3,(H,14,17)(H,15,16)(H,18,19). The minimum absolute atomic E-state index is 0.119. The molecular weight excluding hydrogens is 246 g/mol. The molecule has 0 unspecified atom stereocenters. The number of aliphatic carboxylic acids is 1. The maximum atomic E-state index is 11.9.